The van der Waals surface area contributed by atoms with Crippen LogP contribution in [0, 0.1) is 10.1 Å². The Labute approximate surface area is 154 Å². The molecule has 8 heteroatoms. The van der Waals surface area contributed by atoms with Gasteiger partial charge in [-0.2, -0.15) is 0 Å². The van der Waals surface area contributed by atoms with Crippen LogP contribution >= 0.6 is 0 Å². The van der Waals surface area contributed by atoms with Gasteiger partial charge in [0.1, 0.15) is 11.5 Å². The van der Waals surface area contributed by atoms with Crippen LogP contribution in [0.25, 0.3) is 11.3 Å². The normalized spacial score (nSPS) is 10.4. The number of carbonyl (C=O) groups is 1. The highest BCUT2D eigenvalue weighted by Gasteiger charge is 2.17. The molecule has 0 radical (unpaired) electrons. The summed E-state index contributed by atoms with van der Waals surface area (Å²) in [4.78, 5) is 22.3. The number of benzene rings is 2. The molecule has 2 N–H and O–H groups in total. The number of carbonyl (C=O) groups excluding carboxylic acids is 1. The van der Waals surface area contributed by atoms with Crippen LogP contribution < -0.4 is 10.5 Å². The molecule has 8 nitrogen and oxygen atoms in total. The molecule has 1 aromatic heterocycles. The van der Waals surface area contributed by atoms with Gasteiger partial charge in [-0.15, -0.1) is 0 Å². The number of furan rings is 1. The summed E-state index contributed by atoms with van der Waals surface area (Å²) >= 11 is 0. The van der Waals surface area contributed by atoms with Crippen LogP contribution in [0.2, 0.25) is 0 Å². The van der Waals surface area contributed by atoms with Crippen LogP contribution in [-0.4, -0.2) is 17.5 Å². The number of para-hydroxylation sites is 2. The molecule has 3 rings (SSSR count). The molecule has 0 spiro atoms. The first-order valence-corrected chi connectivity index (χ1v) is 8.07. The lowest BCUT2D eigenvalue weighted by Crippen LogP contribution is -2.02. The number of rotatable bonds is 6. The van der Waals surface area contributed by atoms with Crippen molar-refractivity contribution in [2.75, 3.05) is 12.3 Å². The van der Waals surface area contributed by atoms with Crippen molar-refractivity contribution in [2.24, 2.45) is 0 Å². The van der Waals surface area contributed by atoms with Gasteiger partial charge in [-0.1, -0.05) is 12.1 Å². The minimum Gasteiger partial charge on any atom is -0.460 e. The maximum atomic E-state index is 11.7. The Balaban J connectivity index is 1.92. The van der Waals surface area contributed by atoms with Crippen molar-refractivity contribution in [3.05, 3.63) is 70.5 Å². The van der Waals surface area contributed by atoms with Crippen LogP contribution in [0.5, 0.6) is 11.5 Å². The molecule has 0 saturated carbocycles. The largest absolute Gasteiger partial charge is 0.460 e. The van der Waals surface area contributed by atoms with Gasteiger partial charge >= 0.3 is 11.7 Å². The Morgan fingerprint density at radius 1 is 1.19 bits per heavy atom. The lowest BCUT2D eigenvalue weighted by molar-refractivity contribution is -0.385. The summed E-state index contributed by atoms with van der Waals surface area (Å²) in [5.41, 5.74) is 6.73. The van der Waals surface area contributed by atoms with Crippen molar-refractivity contribution >= 4 is 17.3 Å². The smallest absolute Gasteiger partial charge is 0.374 e. The number of anilines is 1. The zero-order valence-corrected chi connectivity index (χ0v) is 14.4. The number of nitro benzene ring substituents is 1. The maximum absolute atomic E-state index is 11.7. The van der Waals surface area contributed by atoms with E-state index in [0.717, 1.165) is 0 Å². The number of nitro groups is 1. The van der Waals surface area contributed by atoms with E-state index in [4.69, 9.17) is 19.6 Å². The first kappa shape index (κ1) is 18.0. The van der Waals surface area contributed by atoms with Crippen LogP contribution in [0.4, 0.5) is 11.4 Å². The molecule has 0 aliphatic carbocycles. The summed E-state index contributed by atoms with van der Waals surface area (Å²) in [6, 6.07) is 13.9. The minimum absolute atomic E-state index is 0.0521. The molecule has 3 aromatic rings. The summed E-state index contributed by atoms with van der Waals surface area (Å²) in [7, 11) is 0. The van der Waals surface area contributed by atoms with E-state index in [0.29, 0.717) is 22.8 Å². The Kier molecular flexibility index (Phi) is 5.07. The van der Waals surface area contributed by atoms with Gasteiger partial charge in [0, 0.05) is 17.3 Å². The topological polar surface area (TPSA) is 118 Å². The van der Waals surface area contributed by atoms with Gasteiger partial charge in [-0.25, -0.2) is 4.79 Å². The second kappa shape index (κ2) is 7.61. The predicted octanol–water partition coefficient (Wildman–Crippen LogP) is 4.41. The molecule has 27 heavy (non-hydrogen) atoms. The summed E-state index contributed by atoms with van der Waals surface area (Å²) in [5.74, 6) is 0.266. The highest BCUT2D eigenvalue weighted by molar-refractivity contribution is 5.87. The Bertz CT molecular complexity index is 995. The van der Waals surface area contributed by atoms with E-state index < -0.39 is 10.9 Å². The van der Waals surface area contributed by atoms with Gasteiger partial charge in [-0.05, 0) is 43.3 Å². The zero-order chi connectivity index (χ0) is 19.4. The molecule has 0 fully saturated rings. The summed E-state index contributed by atoms with van der Waals surface area (Å²) in [5, 5.41) is 11.1. The van der Waals surface area contributed by atoms with Crippen LogP contribution in [-0.2, 0) is 4.74 Å². The van der Waals surface area contributed by atoms with Crippen LogP contribution in [0.3, 0.4) is 0 Å². The molecular weight excluding hydrogens is 352 g/mol. The van der Waals surface area contributed by atoms with Crippen molar-refractivity contribution in [1.29, 1.82) is 0 Å². The van der Waals surface area contributed by atoms with Gasteiger partial charge in [-0.3, -0.25) is 10.1 Å². The second-order valence-corrected chi connectivity index (χ2v) is 5.46. The van der Waals surface area contributed by atoms with Crippen LogP contribution in [0.1, 0.15) is 17.5 Å². The highest BCUT2D eigenvalue weighted by atomic mass is 16.6. The maximum Gasteiger partial charge on any atom is 0.374 e. The average Bonchev–Trinajstić information content (AvgIpc) is 3.14. The van der Waals surface area contributed by atoms with Crippen molar-refractivity contribution in [3.63, 3.8) is 0 Å². The number of nitrogen functional groups attached to an aromatic ring is 1. The van der Waals surface area contributed by atoms with E-state index in [9.17, 15) is 14.9 Å². The highest BCUT2D eigenvalue weighted by Crippen LogP contribution is 2.35. The van der Waals surface area contributed by atoms with Gasteiger partial charge in [0.2, 0.25) is 11.5 Å². The molecule has 138 valence electrons. The first-order valence-electron chi connectivity index (χ1n) is 8.07. The Hall–Kier alpha value is -3.81. The fourth-order valence-electron chi connectivity index (χ4n) is 2.43. The lowest BCUT2D eigenvalue weighted by Gasteiger charge is -2.09. The quantitative estimate of drug-likeness (QED) is 0.296. The fourth-order valence-corrected chi connectivity index (χ4v) is 2.43. The Morgan fingerprint density at radius 2 is 1.96 bits per heavy atom. The molecule has 2 aromatic carbocycles. The van der Waals surface area contributed by atoms with Crippen molar-refractivity contribution in [1.82, 2.24) is 0 Å². The summed E-state index contributed by atoms with van der Waals surface area (Å²) in [6.07, 6.45) is 0. The molecule has 0 amide bonds. The number of ether oxygens (including phenoxy) is 2. The molecular formula is C19H16N2O6. The predicted molar refractivity (Wildman–Crippen MR) is 97.7 cm³/mol. The number of hydrogen-bond donors (Lipinski definition) is 1. The second-order valence-electron chi connectivity index (χ2n) is 5.46. The number of hydrogen-bond acceptors (Lipinski definition) is 7. The van der Waals surface area contributed by atoms with E-state index in [-0.39, 0.29) is 23.8 Å². The molecule has 0 aliphatic rings. The molecule has 0 aliphatic heterocycles. The third-order valence-electron chi connectivity index (χ3n) is 3.66. The summed E-state index contributed by atoms with van der Waals surface area (Å²) < 4.78 is 16.1. The first-order chi connectivity index (χ1) is 13.0. The zero-order valence-electron chi connectivity index (χ0n) is 14.4. The monoisotopic (exact) mass is 368 g/mol. The van der Waals surface area contributed by atoms with Gasteiger partial charge in [0.25, 0.3) is 0 Å². The number of esters is 1. The van der Waals surface area contributed by atoms with Crippen molar-refractivity contribution in [2.45, 2.75) is 6.92 Å². The van der Waals surface area contributed by atoms with Gasteiger partial charge < -0.3 is 19.6 Å². The number of nitrogens with zero attached hydrogens (tertiary/aromatic N) is 1. The fraction of sp³-hybridized carbons (Fsp3) is 0.105. The third kappa shape index (κ3) is 3.90. The van der Waals surface area contributed by atoms with Crippen molar-refractivity contribution < 1.29 is 23.6 Å². The van der Waals surface area contributed by atoms with Crippen LogP contribution in [0.15, 0.2) is 59.0 Å². The molecule has 0 bridgehead atoms. The van der Waals surface area contributed by atoms with E-state index in [1.807, 2.05) is 0 Å². The molecule has 1 heterocycles. The van der Waals surface area contributed by atoms with E-state index in [2.05, 4.69) is 0 Å². The van der Waals surface area contributed by atoms with Crippen molar-refractivity contribution in [3.8, 4) is 22.8 Å². The average molecular weight is 368 g/mol. The third-order valence-corrected chi connectivity index (χ3v) is 3.66. The molecule has 0 saturated heterocycles. The standard InChI is InChI=1S/C19H16N2O6/c1-2-25-19(22)18-10-9-16(27-18)13-11-12(7-8-14(13)20)26-17-6-4-3-5-15(17)21(23)24/h3-11H,2,20H2,1H3. The molecule has 0 atom stereocenters. The lowest BCUT2D eigenvalue weighted by atomic mass is 10.1. The molecule has 0 unspecified atom stereocenters. The number of nitrogens with two attached hydrogens (primary N) is 1. The van der Waals surface area contributed by atoms with E-state index in [1.165, 1.54) is 18.2 Å². The Morgan fingerprint density at radius 3 is 2.70 bits per heavy atom. The minimum atomic E-state index is -0.574. The van der Waals surface area contributed by atoms with E-state index in [1.54, 1.807) is 43.3 Å². The van der Waals surface area contributed by atoms with Gasteiger partial charge in [0.05, 0.1) is 11.5 Å². The SMILES string of the molecule is CCOC(=O)c1ccc(-c2cc(Oc3ccccc3[N+](=O)[O-])ccc2N)o1. The summed E-state index contributed by atoms with van der Waals surface area (Å²) in [6.45, 7) is 1.93. The van der Waals surface area contributed by atoms with Gasteiger partial charge in [0.15, 0.2) is 0 Å². The van der Waals surface area contributed by atoms with E-state index >= 15 is 0 Å².